The molecule has 5 rings (SSSR count). The van der Waals surface area contributed by atoms with Gasteiger partial charge in [-0.25, -0.2) is 9.18 Å². The molecule has 2 aromatic heterocycles. The molecule has 2 heterocycles. The number of aromatic nitrogens is 1. The third kappa shape index (κ3) is 4.30. The van der Waals surface area contributed by atoms with Gasteiger partial charge in [0.25, 0.3) is 5.56 Å². The number of nitrogens with one attached hydrogen (secondary N) is 2. The van der Waals surface area contributed by atoms with Gasteiger partial charge in [0.05, 0.1) is 16.9 Å². The second-order valence-corrected chi connectivity index (χ2v) is 10.3. The maximum atomic E-state index is 14.8. The molecule has 0 atom stereocenters. The highest BCUT2D eigenvalue weighted by atomic mass is 32.2. The van der Waals surface area contributed by atoms with Crippen molar-refractivity contribution in [2.24, 2.45) is 0 Å². The standard InChI is InChI=1S/C28H28FN3O3S/c1-5-36-31-19-8-6-7-18(14-19)23-17(4)32(20-10-11-20)27(33)24-25(16(3)28(34)35-26(23)24)30-22-12-9-15(2)13-21(22)29/h6-9,12-14,20,30-31H,5,10-11H2,1-4H3. The Morgan fingerprint density at radius 1 is 1.11 bits per heavy atom. The third-order valence-electron chi connectivity index (χ3n) is 6.52. The van der Waals surface area contributed by atoms with E-state index in [1.807, 2.05) is 31.2 Å². The van der Waals surface area contributed by atoms with E-state index in [0.29, 0.717) is 5.56 Å². The van der Waals surface area contributed by atoms with E-state index < -0.39 is 11.4 Å². The van der Waals surface area contributed by atoms with Crippen molar-refractivity contribution in [1.82, 2.24) is 4.57 Å². The number of benzene rings is 2. The molecule has 186 valence electrons. The summed E-state index contributed by atoms with van der Waals surface area (Å²) in [6.45, 7) is 7.34. The molecule has 0 unspecified atom stereocenters. The predicted octanol–water partition coefficient (Wildman–Crippen LogP) is 6.84. The predicted molar refractivity (Wildman–Crippen MR) is 146 cm³/mol. The SMILES string of the molecule is CCSNc1cccc(-c2c(C)n(C3CC3)c(=O)c3c(Nc4ccc(C)cc4F)c(C)c(=O)oc23)c1. The number of halogens is 1. The summed E-state index contributed by atoms with van der Waals surface area (Å²) in [7, 11) is 0. The van der Waals surface area contributed by atoms with E-state index in [4.69, 9.17) is 4.42 Å². The van der Waals surface area contributed by atoms with Crippen molar-refractivity contribution < 1.29 is 8.81 Å². The highest BCUT2D eigenvalue weighted by molar-refractivity contribution is 8.00. The molecular formula is C28H28FN3O3S. The molecule has 2 N–H and O–H groups in total. The summed E-state index contributed by atoms with van der Waals surface area (Å²) < 4.78 is 25.7. The van der Waals surface area contributed by atoms with Crippen LogP contribution < -0.4 is 21.2 Å². The molecule has 1 fully saturated rings. The minimum Gasteiger partial charge on any atom is -0.421 e. The number of hydrogen-bond acceptors (Lipinski definition) is 6. The van der Waals surface area contributed by atoms with Crippen LogP contribution in [-0.4, -0.2) is 10.3 Å². The van der Waals surface area contributed by atoms with Gasteiger partial charge in [-0.2, -0.15) is 0 Å². The molecule has 0 bridgehead atoms. The Kier molecular flexibility index (Phi) is 6.38. The Morgan fingerprint density at radius 2 is 1.89 bits per heavy atom. The lowest BCUT2D eigenvalue weighted by atomic mass is 9.99. The van der Waals surface area contributed by atoms with Gasteiger partial charge in [0.1, 0.15) is 11.2 Å². The van der Waals surface area contributed by atoms with E-state index in [0.717, 1.165) is 41.1 Å². The average Bonchev–Trinajstić information content (AvgIpc) is 3.67. The summed E-state index contributed by atoms with van der Waals surface area (Å²) in [5, 5.41) is 3.30. The normalized spacial score (nSPS) is 13.2. The second-order valence-electron chi connectivity index (χ2n) is 9.18. The highest BCUT2D eigenvalue weighted by Crippen LogP contribution is 2.41. The average molecular weight is 506 g/mol. The smallest absolute Gasteiger partial charge is 0.341 e. The van der Waals surface area contributed by atoms with Crippen LogP contribution >= 0.6 is 11.9 Å². The van der Waals surface area contributed by atoms with E-state index in [1.165, 1.54) is 6.07 Å². The summed E-state index contributed by atoms with van der Waals surface area (Å²) >= 11 is 1.58. The fraction of sp³-hybridized carbons (Fsp3) is 0.286. The number of pyridine rings is 1. The molecule has 8 heteroatoms. The first-order chi connectivity index (χ1) is 17.3. The highest BCUT2D eigenvalue weighted by Gasteiger charge is 2.31. The lowest BCUT2D eigenvalue weighted by Gasteiger charge is -2.20. The molecule has 4 aromatic rings. The second kappa shape index (κ2) is 9.50. The number of hydrogen-bond donors (Lipinski definition) is 2. The minimum atomic E-state index is -0.572. The number of nitrogens with zero attached hydrogens (tertiary/aromatic N) is 1. The first kappa shape index (κ1) is 24.2. The van der Waals surface area contributed by atoms with E-state index in [2.05, 4.69) is 17.0 Å². The van der Waals surface area contributed by atoms with E-state index in [-0.39, 0.29) is 39.5 Å². The van der Waals surface area contributed by atoms with Crippen molar-refractivity contribution >= 4 is 40.0 Å². The van der Waals surface area contributed by atoms with E-state index >= 15 is 0 Å². The molecule has 0 radical (unpaired) electrons. The molecule has 6 nitrogen and oxygen atoms in total. The van der Waals surface area contributed by atoms with Crippen LogP contribution in [0.3, 0.4) is 0 Å². The Hall–Kier alpha value is -3.52. The zero-order valence-corrected chi connectivity index (χ0v) is 21.5. The molecule has 0 saturated heterocycles. The topological polar surface area (TPSA) is 76.3 Å². The van der Waals surface area contributed by atoms with Gasteiger partial charge in [0, 0.05) is 28.7 Å². The van der Waals surface area contributed by atoms with Crippen molar-refractivity contribution in [1.29, 1.82) is 0 Å². The van der Waals surface area contributed by atoms with Crippen molar-refractivity contribution in [3.8, 4) is 11.1 Å². The van der Waals surface area contributed by atoms with Crippen molar-refractivity contribution in [3.63, 3.8) is 0 Å². The van der Waals surface area contributed by atoms with Crippen molar-refractivity contribution in [2.75, 3.05) is 15.8 Å². The first-order valence-electron chi connectivity index (χ1n) is 12.0. The van der Waals surface area contributed by atoms with Crippen LogP contribution in [0.5, 0.6) is 0 Å². The van der Waals surface area contributed by atoms with Gasteiger partial charge in [-0.3, -0.25) is 4.79 Å². The summed E-state index contributed by atoms with van der Waals surface area (Å²) in [5.74, 6) is 0.440. The zero-order valence-electron chi connectivity index (χ0n) is 20.7. The van der Waals surface area contributed by atoms with Gasteiger partial charge in [-0.1, -0.05) is 37.1 Å². The lowest BCUT2D eigenvalue weighted by molar-refractivity contribution is 0.553. The van der Waals surface area contributed by atoms with Gasteiger partial charge in [0.15, 0.2) is 5.58 Å². The van der Waals surface area contributed by atoms with E-state index in [9.17, 15) is 14.0 Å². The third-order valence-corrected chi connectivity index (χ3v) is 7.19. The molecule has 0 spiro atoms. The van der Waals surface area contributed by atoms with Gasteiger partial charge >= 0.3 is 5.63 Å². The summed E-state index contributed by atoms with van der Waals surface area (Å²) in [4.78, 5) is 26.9. The fourth-order valence-electron chi connectivity index (χ4n) is 4.58. The number of fused-ring (bicyclic) bond motifs is 1. The van der Waals surface area contributed by atoms with Gasteiger partial charge < -0.3 is 19.0 Å². The van der Waals surface area contributed by atoms with Gasteiger partial charge in [-0.05, 0) is 69.0 Å². The largest absolute Gasteiger partial charge is 0.421 e. The zero-order chi connectivity index (χ0) is 25.6. The lowest BCUT2D eigenvalue weighted by Crippen LogP contribution is -2.25. The Morgan fingerprint density at radius 3 is 2.58 bits per heavy atom. The Balaban J connectivity index is 1.82. The monoisotopic (exact) mass is 505 g/mol. The quantitative estimate of drug-likeness (QED) is 0.268. The minimum absolute atomic E-state index is 0.0915. The van der Waals surface area contributed by atoms with Gasteiger partial charge in [-0.15, -0.1) is 0 Å². The molecule has 0 amide bonds. The maximum absolute atomic E-state index is 14.8. The van der Waals surface area contributed by atoms with Crippen LogP contribution in [0.25, 0.3) is 22.1 Å². The summed E-state index contributed by atoms with van der Waals surface area (Å²) in [6.07, 6.45) is 1.82. The first-order valence-corrected chi connectivity index (χ1v) is 13.0. The van der Waals surface area contributed by atoms with Gasteiger partial charge in [0.2, 0.25) is 0 Å². The summed E-state index contributed by atoms with van der Waals surface area (Å²) in [5.41, 5.74) is 4.03. The van der Waals surface area contributed by atoms with Crippen LogP contribution in [0.4, 0.5) is 21.5 Å². The number of anilines is 3. The summed E-state index contributed by atoms with van der Waals surface area (Å²) in [6, 6.07) is 12.7. The number of rotatable bonds is 7. The van der Waals surface area contributed by atoms with Crippen molar-refractivity contribution in [3.05, 3.63) is 85.9 Å². The molecule has 36 heavy (non-hydrogen) atoms. The van der Waals surface area contributed by atoms with Crippen LogP contribution in [0.1, 0.15) is 42.6 Å². The van der Waals surface area contributed by atoms with Crippen LogP contribution in [0.15, 0.2) is 56.5 Å². The molecule has 1 aliphatic rings. The molecule has 1 saturated carbocycles. The molecule has 0 aliphatic heterocycles. The Labute approximate surface area is 212 Å². The maximum Gasteiger partial charge on any atom is 0.341 e. The van der Waals surface area contributed by atoms with E-state index in [1.54, 1.807) is 42.5 Å². The van der Waals surface area contributed by atoms with Crippen LogP contribution in [-0.2, 0) is 0 Å². The van der Waals surface area contributed by atoms with Crippen LogP contribution in [0.2, 0.25) is 0 Å². The van der Waals surface area contributed by atoms with Crippen molar-refractivity contribution in [2.45, 2.75) is 46.6 Å². The number of aryl methyl sites for hydroxylation is 1. The molecular weight excluding hydrogens is 477 g/mol. The molecule has 1 aliphatic carbocycles. The fourth-order valence-corrected chi connectivity index (χ4v) is 5.02. The Bertz CT molecular complexity index is 1600. The van der Waals surface area contributed by atoms with Crippen LogP contribution in [0, 0.1) is 26.6 Å². The molecule has 2 aromatic carbocycles.